The molecule has 0 atom stereocenters. The van der Waals surface area contributed by atoms with E-state index in [1.807, 2.05) is 0 Å². The summed E-state index contributed by atoms with van der Waals surface area (Å²) in [6, 6.07) is 9.31. The van der Waals surface area contributed by atoms with Gasteiger partial charge in [0.25, 0.3) is 11.6 Å². The number of non-ortho nitro benzene ring substituents is 1. The summed E-state index contributed by atoms with van der Waals surface area (Å²) < 4.78 is 0. The van der Waals surface area contributed by atoms with Crippen LogP contribution in [0.15, 0.2) is 42.5 Å². The maximum absolute atomic E-state index is 12.2. The molecule has 0 saturated heterocycles. The minimum atomic E-state index is -1.36. The molecule has 1 amide bonds. The molecule has 0 aliphatic carbocycles. The molecule has 22 heavy (non-hydrogen) atoms. The van der Waals surface area contributed by atoms with Crippen molar-refractivity contribution >= 4 is 34.9 Å². The molecule has 2 N–H and O–H groups in total. The zero-order valence-corrected chi connectivity index (χ0v) is 11.7. The van der Waals surface area contributed by atoms with Gasteiger partial charge in [-0.1, -0.05) is 23.7 Å². The van der Waals surface area contributed by atoms with Gasteiger partial charge in [-0.2, -0.15) is 0 Å². The van der Waals surface area contributed by atoms with Crippen molar-refractivity contribution in [2.75, 3.05) is 5.32 Å². The first-order chi connectivity index (χ1) is 10.4. The lowest BCUT2D eigenvalue weighted by molar-refractivity contribution is -0.384. The van der Waals surface area contributed by atoms with Gasteiger partial charge in [-0.25, -0.2) is 4.79 Å². The third-order valence-electron chi connectivity index (χ3n) is 2.81. The molecular formula is C14H9ClN2O5. The Labute approximate surface area is 129 Å². The molecular weight excluding hydrogens is 312 g/mol. The van der Waals surface area contributed by atoms with Crippen LogP contribution in [-0.2, 0) is 0 Å². The van der Waals surface area contributed by atoms with Gasteiger partial charge in [-0.3, -0.25) is 14.9 Å². The summed E-state index contributed by atoms with van der Waals surface area (Å²) in [5, 5.41) is 22.6. The summed E-state index contributed by atoms with van der Waals surface area (Å²) >= 11 is 5.90. The van der Waals surface area contributed by atoms with E-state index in [4.69, 9.17) is 16.7 Å². The predicted molar refractivity (Wildman–Crippen MR) is 79.5 cm³/mol. The van der Waals surface area contributed by atoms with Crippen LogP contribution in [0.2, 0.25) is 5.02 Å². The van der Waals surface area contributed by atoms with Crippen LogP contribution in [0.3, 0.4) is 0 Å². The van der Waals surface area contributed by atoms with Crippen LogP contribution in [0.1, 0.15) is 20.7 Å². The molecule has 112 valence electrons. The average Bonchev–Trinajstić information content (AvgIpc) is 2.48. The first-order valence-corrected chi connectivity index (χ1v) is 6.35. The van der Waals surface area contributed by atoms with Crippen LogP contribution in [0.25, 0.3) is 0 Å². The Morgan fingerprint density at radius 3 is 2.41 bits per heavy atom. The van der Waals surface area contributed by atoms with Crippen LogP contribution in [0.5, 0.6) is 0 Å². The fourth-order valence-electron chi connectivity index (χ4n) is 1.77. The van der Waals surface area contributed by atoms with Crippen LogP contribution >= 0.6 is 11.6 Å². The van der Waals surface area contributed by atoms with Crippen molar-refractivity contribution in [3.8, 4) is 0 Å². The second-order valence-corrected chi connectivity index (χ2v) is 4.63. The number of benzene rings is 2. The fourth-order valence-corrected chi connectivity index (χ4v) is 1.96. The van der Waals surface area contributed by atoms with E-state index in [2.05, 4.69) is 5.32 Å². The van der Waals surface area contributed by atoms with Gasteiger partial charge < -0.3 is 10.4 Å². The highest BCUT2D eigenvalue weighted by molar-refractivity contribution is 6.34. The number of rotatable bonds is 4. The number of halogens is 1. The molecule has 0 aliphatic rings. The third kappa shape index (κ3) is 3.21. The van der Waals surface area contributed by atoms with Crippen molar-refractivity contribution in [1.29, 1.82) is 0 Å². The number of hydrogen-bond acceptors (Lipinski definition) is 4. The predicted octanol–water partition coefficient (Wildman–Crippen LogP) is 3.20. The molecule has 0 unspecified atom stereocenters. The van der Waals surface area contributed by atoms with E-state index in [-0.39, 0.29) is 27.5 Å². The molecule has 0 aromatic heterocycles. The monoisotopic (exact) mass is 320 g/mol. The first kappa shape index (κ1) is 15.5. The van der Waals surface area contributed by atoms with Crippen molar-refractivity contribution in [2.24, 2.45) is 0 Å². The highest BCUT2D eigenvalue weighted by Crippen LogP contribution is 2.23. The molecule has 2 aromatic rings. The first-order valence-electron chi connectivity index (χ1n) is 5.97. The minimum Gasteiger partial charge on any atom is -0.478 e. The Balaban J connectivity index is 2.43. The number of para-hydroxylation sites is 1. The summed E-state index contributed by atoms with van der Waals surface area (Å²) in [5.41, 5.74) is -0.761. The summed E-state index contributed by atoms with van der Waals surface area (Å²) in [5.74, 6) is -2.16. The van der Waals surface area contributed by atoms with Crippen LogP contribution in [0.4, 0.5) is 11.4 Å². The van der Waals surface area contributed by atoms with E-state index in [1.54, 1.807) is 18.2 Å². The Bertz CT molecular complexity index is 776. The Hall–Kier alpha value is -2.93. The summed E-state index contributed by atoms with van der Waals surface area (Å²) in [4.78, 5) is 33.4. The third-order valence-corrected chi connectivity index (χ3v) is 3.14. The van der Waals surface area contributed by atoms with E-state index >= 15 is 0 Å². The van der Waals surface area contributed by atoms with E-state index < -0.39 is 16.8 Å². The highest BCUT2D eigenvalue weighted by atomic mass is 35.5. The van der Waals surface area contributed by atoms with E-state index in [0.717, 1.165) is 18.2 Å². The van der Waals surface area contributed by atoms with Crippen LogP contribution in [0, 0.1) is 10.1 Å². The van der Waals surface area contributed by atoms with Gasteiger partial charge >= 0.3 is 5.97 Å². The largest absolute Gasteiger partial charge is 0.478 e. The zero-order chi connectivity index (χ0) is 16.3. The topological polar surface area (TPSA) is 110 Å². The molecule has 0 saturated carbocycles. The number of nitro benzene ring substituents is 1. The second-order valence-electron chi connectivity index (χ2n) is 4.23. The Morgan fingerprint density at radius 2 is 1.82 bits per heavy atom. The van der Waals surface area contributed by atoms with Gasteiger partial charge in [-0.15, -0.1) is 0 Å². The molecule has 2 aromatic carbocycles. The quantitative estimate of drug-likeness (QED) is 0.664. The lowest BCUT2D eigenvalue weighted by Crippen LogP contribution is -2.17. The molecule has 0 fully saturated rings. The fraction of sp³-hybridized carbons (Fsp3) is 0. The number of amides is 1. The zero-order valence-electron chi connectivity index (χ0n) is 10.9. The normalized spacial score (nSPS) is 10.0. The molecule has 8 heteroatoms. The lowest BCUT2D eigenvalue weighted by Gasteiger charge is -2.09. The van der Waals surface area contributed by atoms with Gasteiger partial charge in [0.05, 0.1) is 26.8 Å². The van der Waals surface area contributed by atoms with E-state index in [1.165, 1.54) is 6.07 Å². The lowest BCUT2D eigenvalue weighted by atomic mass is 10.1. The second kappa shape index (κ2) is 6.23. The number of nitrogens with one attached hydrogen (secondary N) is 1. The standard InChI is InChI=1S/C14H9ClN2O5/c15-11-3-1-2-4-12(11)16-13(18)10-7-8(17(21)22)5-6-9(10)14(19)20/h1-7H,(H,16,18)(H,19,20). The summed E-state index contributed by atoms with van der Waals surface area (Å²) in [7, 11) is 0. The van der Waals surface area contributed by atoms with Crippen molar-refractivity contribution in [2.45, 2.75) is 0 Å². The van der Waals surface area contributed by atoms with E-state index in [9.17, 15) is 19.7 Å². The number of aromatic carboxylic acids is 1. The number of hydrogen-bond donors (Lipinski definition) is 2. The highest BCUT2D eigenvalue weighted by Gasteiger charge is 2.21. The SMILES string of the molecule is O=C(O)c1ccc([N+](=O)[O-])cc1C(=O)Nc1ccccc1Cl. The molecule has 0 spiro atoms. The minimum absolute atomic E-state index is 0.262. The van der Waals surface area contributed by atoms with Gasteiger partial charge in [0.2, 0.25) is 0 Å². The summed E-state index contributed by atoms with van der Waals surface area (Å²) in [6.45, 7) is 0. The summed E-state index contributed by atoms with van der Waals surface area (Å²) in [6.07, 6.45) is 0. The maximum atomic E-state index is 12.2. The van der Waals surface area contributed by atoms with Gasteiger partial charge in [-0.05, 0) is 18.2 Å². The van der Waals surface area contributed by atoms with Gasteiger partial charge in [0, 0.05) is 12.1 Å². The molecule has 2 rings (SSSR count). The van der Waals surface area contributed by atoms with Gasteiger partial charge in [0.1, 0.15) is 0 Å². The van der Waals surface area contributed by atoms with Gasteiger partial charge in [0.15, 0.2) is 0 Å². The number of carbonyl (C=O) groups is 2. The molecule has 0 bridgehead atoms. The molecule has 0 heterocycles. The maximum Gasteiger partial charge on any atom is 0.336 e. The van der Waals surface area contributed by atoms with Crippen molar-refractivity contribution in [3.63, 3.8) is 0 Å². The number of carbonyl (C=O) groups excluding carboxylic acids is 1. The molecule has 0 radical (unpaired) electrons. The number of carboxylic acid groups (broad SMARTS) is 1. The number of carboxylic acids is 1. The van der Waals surface area contributed by atoms with Crippen molar-refractivity contribution in [3.05, 3.63) is 68.7 Å². The smallest absolute Gasteiger partial charge is 0.336 e. The number of nitro groups is 1. The van der Waals surface area contributed by atoms with Crippen LogP contribution < -0.4 is 5.32 Å². The van der Waals surface area contributed by atoms with E-state index in [0.29, 0.717) is 0 Å². The number of anilines is 1. The Morgan fingerprint density at radius 1 is 1.14 bits per heavy atom. The molecule has 0 aliphatic heterocycles. The number of nitrogens with zero attached hydrogens (tertiary/aromatic N) is 1. The molecule has 7 nitrogen and oxygen atoms in total. The van der Waals surface area contributed by atoms with Crippen LogP contribution in [-0.4, -0.2) is 21.9 Å². The van der Waals surface area contributed by atoms with Crippen molar-refractivity contribution in [1.82, 2.24) is 0 Å². The van der Waals surface area contributed by atoms with Crippen molar-refractivity contribution < 1.29 is 19.6 Å². The Kier molecular flexibility index (Phi) is 4.38. The average molecular weight is 321 g/mol.